The molecule has 0 heterocycles. The van der Waals surface area contributed by atoms with E-state index < -0.39 is 0 Å². The van der Waals surface area contributed by atoms with Gasteiger partial charge in [-0.2, -0.15) is 0 Å². The second kappa shape index (κ2) is 4.99. The Hall–Kier alpha value is -1.31. The lowest BCUT2D eigenvalue weighted by Crippen LogP contribution is -2.44. The van der Waals surface area contributed by atoms with Gasteiger partial charge in [-0.3, -0.25) is 0 Å². The minimum atomic E-state index is 0.0589. The van der Waals surface area contributed by atoms with Gasteiger partial charge in [-0.15, -0.1) is 0 Å². The fourth-order valence-electron chi connectivity index (χ4n) is 3.10. The molecule has 2 N–H and O–H groups in total. The van der Waals surface area contributed by atoms with Crippen LogP contribution in [0.5, 0.6) is 0 Å². The van der Waals surface area contributed by atoms with Crippen molar-refractivity contribution in [1.29, 1.82) is 0 Å². The van der Waals surface area contributed by atoms with Gasteiger partial charge in [0.05, 0.1) is 0 Å². The van der Waals surface area contributed by atoms with E-state index in [1.165, 1.54) is 17.5 Å². The maximum Gasteiger partial charge on any atom is 0.0406 e. The first-order chi connectivity index (χ1) is 9.22. The van der Waals surface area contributed by atoms with Crippen LogP contribution in [0.4, 0.5) is 0 Å². The van der Waals surface area contributed by atoms with Gasteiger partial charge in [0.25, 0.3) is 0 Å². The molecule has 2 aromatic carbocycles. The quantitative estimate of drug-likeness (QED) is 0.876. The molecule has 1 saturated carbocycles. The molecule has 2 aromatic rings. The lowest BCUT2D eigenvalue weighted by Gasteiger charge is -2.47. The monoisotopic (exact) mass is 271 g/mol. The average molecular weight is 272 g/mol. The van der Waals surface area contributed by atoms with Gasteiger partial charge in [0.1, 0.15) is 0 Å². The predicted molar refractivity (Wildman–Crippen MR) is 80.4 cm³/mol. The SMILES string of the molecule is NC(c1ccccc1)C1(c2ccc(Cl)cc2)CCC1. The molecule has 1 aliphatic rings. The molecule has 0 radical (unpaired) electrons. The first kappa shape index (κ1) is 12.7. The van der Waals surface area contributed by atoms with E-state index in [1.54, 1.807) is 0 Å². The summed E-state index contributed by atoms with van der Waals surface area (Å²) in [5.74, 6) is 0. The van der Waals surface area contributed by atoms with Crippen LogP contribution in [0.2, 0.25) is 5.02 Å². The second-order valence-electron chi connectivity index (χ2n) is 5.40. The molecule has 1 atom stereocenters. The zero-order chi connectivity index (χ0) is 13.3. The Balaban J connectivity index is 1.97. The smallest absolute Gasteiger partial charge is 0.0406 e. The molecule has 3 rings (SSSR count). The van der Waals surface area contributed by atoms with Gasteiger partial charge in [0.15, 0.2) is 0 Å². The van der Waals surface area contributed by atoms with E-state index in [1.807, 2.05) is 18.2 Å². The lowest BCUT2D eigenvalue weighted by atomic mass is 9.59. The van der Waals surface area contributed by atoms with E-state index in [2.05, 4.69) is 36.4 Å². The molecule has 1 fully saturated rings. The zero-order valence-corrected chi connectivity index (χ0v) is 11.6. The van der Waals surface area contributed by atoms with Crippen molar-refractivity contribution >= 4 is 11.6 Å². The summed E-state index contributed by atoms with van der Waals surface area (Å²) in [4.78, 5) is 0. The predicted octanol–water partition coefficient (Wildman–Crippen LogP) is 4.46. The highest BCUT2D eigenvalue weighted by atomic mass is 35.5. The number of nitrogens with two attached hydrogens (primary N) is 1. The molecule has 98 valence electrons. The van der Waals surface area contributed by atoms with E-state index >= 15 is 0 Å². The van der Waals surface area contributed by atoms with Crippen LogP contribution in [0.15, 0.2) is 54.6 Å². The Morgan fingerprint density at radius 1 is 0.947 bits per heavy atom. The Morgan fingerprint density at radius 2 is 1.58 bits per heavy atom. The Bertz CT molecular complexity index is 543. The maximum absolute atomic E-state index is 6.57. The van der Waals surface area contributed by atoms with Crippen molar-refractivity contribution in [3.8, 4) is 0 Å². The minimum absolute atomic E-state index is 0.0589. The molecule has 2 heteroatoms. The third-order valence-electron chi connectivity index (χ3n) is 4.42. The third-order valence-corrected chi connectivity index (χ3v) is 4.67. The highest BCUT2D eigenvalue weighted by molar-refractivity contribution is 6.30. The van der Waals surface area contributed by atoms with Gasteiger partial charge in [-0.1, -0.05) is 60.5 Å². The first-order valence-electron chi connectivity index (χ1n) is 6.79. The third kappa shape index (κ3) is 2.18. The summed E-state index contributed by atoms with van der Waals surface area (Å²) < 4.78 is 0. The van der Waals surface area contributed by atoms with Crippen molar-refractivity contribution in [3.63, 3.8) is 0 Å². The zero-order valence-electron chi connectivity index (χ0n) is 10.9. The number of benzene rings is 2. The van der Waals surface area contributed by atoms with Crippen LogP contribution in [-0.2, 0) is 5.41 Å². The van der Waals surface area contributed by atoms with Crippen molar-refractivity contribution < 1.29 is 0 Å². The topological polar surface area (TPSA) is 26.0 Å². The van der Waals surface area contributed by atoms with Crippen LogP contribution in [0.25, 0.3) is 0 Å². The van der Waals surface area contributed by atoms with Crippen molar-refractivity contribution in [3.05, 3.63) is 70.7 Å². The summed E-state index contributed by atoms with van der Waals surface area (Å²) in [5, 5.41) is 0.784. The summed E-state index contributed by atoms with van der Waals surface area (Å²) in [6.07, 6.45) is 3.57. The van der Waals surface area contributed by atoms with Crippen molar-refractivity contribution in [2.75, 3.05) is 0 Å². The minimum Gasteiger partial charge on any atom is -0.323 e. The maximum atomic E-state index is 6.57. The van der Waals surface area contributed by atoms with E-state index in [4.69, 9.17) is 17.3 Å². The lowest BCUT2D eigenvalue weighted by molar-refractivity contribution is 0.196. The van der Waals surface area contributed by atoms with Gasteiger partial charge in [-0.05, 0) is 36.1 Å². The van der Waals surface area contributed by atoms with Crippen molar-refractivity contribution in [2.24, 2.45) is 5.73 Å². The number of rotatable bonds is 3. The van der Waals surface area contributed by atoms with Gasteiger partial charge in [0.2, 0.25) is 0 Å². The van der Waals surface area contributed by atoms with Gasteiger partial charge < -0.3 is 5.73 Å². The van der Waals surface area contributed by atoms with Crippen LogP contribution >= 0.6 is 11.6 Å². The molecule has 0 amide bonds. The summed E-state index contributed by atoms with van der Waals surface area (Å²) in [6.45, 7) is 0. The van der Waals surface area contributed by atoms with Gasteiger partial charge in [-0.25, -0.2) is 0 Å². The summed E-state index contributed by atoms with van der Waals surface area (Å²) in [6, 6.07) is 18.7. The fourth-order valence-corrected chi connectivity index (χ4v) is 3.22. The molecule has 0 aromatic heterocycles. The molecule has 19 heavy (non-hydrogen) atoms. The number of hydrogen-bond donors (Lipinski definition) is 1. The van der Waals surface area contributed by atoms with Crippen LogP contribution < -0.4 is 5.73 Å². The fraction of sp³-hybridized carbons (Fsp3) is 0.294. The largest absolute Gasteiger partial charge is 0.323 e. The normalized spacial score (nSPS) is 18.6. The molecule has 0 spiro atoms. The second-order valence-corrected chi connectivity index (χ2v) is 5.84. The number of hydrogen-bond acceptors (Lipinski definition) is 1. The molecular formula is C17H18ClN. The van der Waals surface area contributed by atoms with Crippen molar-refractivity contribution in [1.82, 2.24) is 0 Å². The Morgan fingerprint density at radius 3 is 2.11 bits per heavy atom. The Labute approximate surface area is 119 Å². The summed E-state index contributed by atoms with van der Waals surface area (Å²) >= 11 is 5.99. The summed E-state index contributed by atoms with van der Waals surface area (Å²) in [7, 11) is 0. The van der Waals surface area contributed by atoms with Crippen LogP contribution in [0.3, 0.4) is 0 Å². The van der Waals surface area contributed by atoms with Gasteiger partial charge >= 0.3 is 0 Å². The van der Waals surface area contributed by atoms with E-state index in [0.717, 1.165) is 17.9 Å². The van der Waals surface area contributed by atoms with E-state index in [9.17, 15) is 0 Å². The molecule has 1 nitrogen and oxygen atoms in total. The molecule has 0 saturated heterocycles. The molecular weight excluding hydrogens is 254 g/mol. The van der Waals surface area contributed by atoms with E-state index in [0.29, 0.717) is 0 Å². The molecule has 0 bridgehead atoms. The summed E-state index contributed by atoms with van der Waals surface area (Å²) in [5.41, 5.74) is 9.20. The standard InChI is InChI=1S/C17H18ClN/c18-15-9-7-14(8-10-15)17(11-4-12-17)16(19)13-5-2-1-3-6-13/h1-3,5-10,16H,4,11-12,19H2. The number of halogens is 1. The highest BCUT2D eigenvalue weighted by Gasteiger charge is 2.44. The van der Waals surface area contributed by atoms with E-state index in [-0.39, 0.29) is 11.5 Å². The molecule has 0 aliphatic heterocycles. The van der Waals surface area contributed by atoms with Crippen LogP contribution in [-0.4, -0.2) is 0 Å². The van der Waals surface area contributed by atoms with Crippen LogP contribution in [0.1, 0.15) is 36.4 Å². The molecule has 1 aliphatic carbocycles. The van der Waals surface area contributed by atoms with Gasteiger partial charge in [0, 0.05) is 16.5 Å². The first-order valence-corrected chi connectivity index (χ1v) is 7.17. The van der Waals surface area contributed by atoms with Crippen molar-refractivity contribution in [2.45, 2.75) is 30.7 Å². The Kier molecular flexibility index (Phi) is 3.34. The highest BCUT2D eigenvalue weighted by Crippen LogP contribution is 2.51. The average Bonchev–Trinajstić information content (AvgIpc) is 2.40. The molecule has 1 unspecified atom stereocenters. The van der Waals surface area contributed by atoms with Crippen LogP contribution in [0, 0.1) is 0 Å².